The second-order valence-corrected chi connectivity index (χ2v) is 5.64. The molecule has 2 aromatic heterocycles. The minimum atomic E-state index is 0.440. The fraction of sp³-hybridized carbons (Fsp3) is 0.235. The van der Waals surface area contributed by atoms with E-state index in [9.17, 15) is 0 Å². The molecule has 0 amide bonds. The summed E-state index contributed by atoms with van der Waals surface area (Å²) in [6, 6.07) is 7.46. The number of hydrogen-bond acceptors (Lipinski definition) is 7. The van der Waals surface area contributed by atoms with Gasteiger partial charge in [-0.1, -0.05) is 0 Å². The average molecular weight is 373 g/mol. The number of H-pyrrole nitrogens is 1. The van der Waals surface area contributed by atoms with Gasteiger partial charge in [0.05, 0.1) is 27.9 Å². The Bertz CT molecular complexity index is 939. The maximum atomic E-state index is 5.51. The molecular weight excluding hydrogens is 354 g/mol. The molecular formula is C17H19N5O3S. The van der Waals surface area contributed by atoms with E-state index in [0.717, 1.165) is 11.1 Å². The van der Waals surface area contributed by atoms with E-state index in [4.69, 9.17) is 26.4 Å². The Morgan fingerprint density at radius 3 is 2.42 bits per heavy atom. The highest BCUT2D eigenvalue weighted by Crippen LogP contribution is 2.39. The molecule has 9 heteroatoms. The standard InChI is InChI=1S/C17H19N5O3S/c1-23-13-5-4-12(14(24-2)15(13)25-3)10-19-22-16(20-21-17(22)26)11-6-8-18-9-7-11/h4-9,19H,10H2,1-3H3,(H,21,26). The van der Waals surface area contributed by atoms with Gasteiger partial charge in [-0.25, -0.2) is 9.77 Å². The molecule has 0 atom stereocenters. The average Bonchev–Trinajstić information content (AvgIpc) is 3.06. The lowest BCUT2D eigenvalue weighted by atomic mass is 10.1. The molecule has 26 heavy (non-hydrogen) atoms. The number of rotatable bonds is 7. The molecule has 0 fully saturated rings. The summed E-state index contributed by atoms with van der Waals surface area (Å²) in [5.74, 6) is 2.40. The van der Waals surface area contributed by atoms with Gasteiger partial charge in [-0.2, -0.15) is 5.10 Å². The molecule has 0 radical (unpaired) electrons. The second-order valence-electron chi connectivity index (χ2n) is 5.25. The van der Waals surface area contributed by atoms with Gasteiger partial charge in [-0.15, -0.1) is 0 Å². The fourth-order valence-electron chi connectivity index (χ4n) is 2.60. The third-order valence-corrected chi connectivity index (χ3v) is 4.10. The van der Waals surface area contributed by atoms with E-state index in [1.54, 1.807) is 38.4 Å². The van der Waals surface area contributed by atoms with Crippen molar-refractivity contribution in [3.8, 4) is 28.6 Å². The lowest BCUT2D eigenvalue weighted by Gasteiger charge is -2.17. The normalized spacial score (nSPS) is 10.4. The van der Waals surface area contributed by atoms with Crippen molar-refractivity contribution in [2.24, 2.45) is 0 Å². The van der Waals surface area contributed by atoms with Crippen LogP contribution in [0.4, 0.5) is 0 Å². The van der Waals surface area contributed by atoms with Crippen LogP contribution in [0.5, 0.6) is 17.2 Å². The minimum absolute atomic E-state index is 0.440. The van der Waals surface area contributed by atoms with Crippen molar-refractivity contribution in [3.05, 3.63) is 47.0 Å². The molecule has 0 saturated heterocycles. The second kappa shape index (κ2) is 7.87. The van der Waals surface area contributed by atoms with Gasteiger partial charge in [0.15, 0.2) is 17.3 Å². The molecule has 8 nitrogen and oxygen atoms in total. The van der Waals surface area contributed by atoms with Crippen LogP contribution >= 0.6 is 12.2 Å². The van der Waals surface area contributed by atoms with Crippen molar-refractivity contribution in [1.82, 2.24) is 19.9 Å². The maximum absolute atomic E-state index is 5.51. The zero-order valence-electron chi connectivity index (χ0n) is 14.6. The summed E-state index contributed by atoms with van der Waals surface area (Å²) in [6.07, 6.45) is 3.41. The van der Waals surface area contributed by atoms with E-state index >= 15 is 0 Å². The van der Waals surface area contributed by atoms with Gasteiger partial charge in [0.25, 0.3) is 0 Å². The van der Waals surface area contributed by atoms with Crippen LogP contribution in [0.25, 0.3) is 11.4 Å². The highest BCUT2D eigenvalue weighted by molar-refractivity contribution is 7.71. The Kier molecular flexibility index (Phi) is 5.37. The number of methoxy groups -OCH3 is 3. The van der Waals surface area contributed by atoms with Crippen molar-refractivity contribution in [1.29, 1.82) is 0 Å². The van der Waals surface area contributed by atoms with E-state index in [1.807, 2.05) is 24.3 Å². The number of benzene rings is 1. The fourth-order valence-corrected chi connectivity index (χ4v) is 2.80. The van der Waals surface area contributed by atoms with Crippen LogP contribution in [0.1, 0.15) is 5.56 Å². The van der Waals surface area contributed by atoms with E-state index in [2.05, 4.69) is 20.6 Å². The van der Waals surface area contributed by atoms with Crippen LogP contribution in [-0.2, 0) is 6.54 Å². The molecule has 0 aliphatic rings. The summed E-state index contributed by atoms with van der Waals surface area (Å²) in [5, 5.41) is 7.08. The highest BCUT2D eigenvalue weighted by atomic mass is 32.1. The van der Waals surface area contributed by atoms with Crippen molar-refractivity contribution in [2.75, 3.05) is 26.8 Å². The number of nitrogens with one attached hydrogen (secondary N) is 2. The Morgan fingerprint density at radius 1 is 1.04 bits per heavy atom. The van der Waals surface area contributed by atoms with Crippen LogP contribution in [0.2, 0.25) is 0 Å². The molecule has 0 unspecified atom stereocenters. The monoisotopic (exact) mass is 373 g/mol. The number of hydrogen-bond donors (Lipinski definition) is 2. The van der Waals surface area contributed by atoms with Gasteiger partial charge >= 0.3 is 0 Å². The summed E-state index contributed by atoms with van der Waals surface area (Å²) in [6.45, 7) is 0.440. The van der Waals surface area contributed by atoms with Crippen LogP contribution in [-0.4, -0.2) is 41.2 Å². The Balaban J connectivity index is 1.91. The molecule has 2 heterocycles. The first-order valence-corrected chi connectivity index (χ1v) is 8.20. The molecule has 2 N–H and O–H groups in total. The maximum Gasteiger partial charge on any atom is 0.214 e. The van der Waals surface area contributed by atoms with Crippen LogP contribution in [0.15, 0.2) is 36.7 Å². The van der Waals surface area contributed by atoms with Gasteiger partial charge < -0.3 is 19.6 Å². The first-order valence-electron chi connectivity index (χ1n) is 7.79. The van der Waals surface area contributed by atoms with E-state index in [1.165, 1.54) is 0 Å². The zero-order chi connectivity index (χ0) is 18.5. The van der Waals surface area contributed by atoms with E-state index < -0.39 is 0 Å². The minimum Gasteiger partial charge on any atom is -0.493 e. The Labute approximate surface area is 155 Å². The van der Waals surface area contributed by atoms with Gasteiger partial charge in [0.2, 0.25) is 10.5 Å². The van der Waals surface area contributed by atoms with Gasteiger partial charge in [-0.3, -0.25) is 4.98 Å². The zero-order valence-corrected chi connectivity index (χ0v) is 15.5. The highest BCUT2D eigenvalue weighted by Gasteiger charge is 2.16. The predicted octanol–water partition coefficient (Wildman–Crippen LogP) is 2.77. The molecule has 0 saturated carbocycles. The van der Waals surface area contributed by atoms with Crippen LogP contribution in [0.3, 0.4) is 0 Å². The van der Waals surface area contributed by atoms with Crippen molar-refractivity contribution < 1.29 is 14.2 Å². The largest absolute Gasteiger partial charge is 0.493 e. The summed E-state index contributed by atoms with van der Waals surface area (Å²) in [4.78, 5) is 4.02. The molecule has 136 valence electrons. The number of aromatic nitrogens is 4. The predicted molar refractivity (Wildman–Crippen MR) is 99.8 cm³/mol. The van der Waals surface area contributed by atoms with E-state index in [-0.39, 0.29) is 0 Å². The van der Waals surface area contributed by atoms with Crippen molar-refractivity contribution in [3.63, 3.8) is 0 Å². The quantitative estimate of drug-likeness (QED) is 0.616. The Hall–Kier alpha value is -3.07. The molecule has 0 aliphatic heterocycles. The topological polar surface area (TPSA) is 86.2 Å². The Morgan fingerprint density at radius 2 is 1.77 bits per heavy atom. The van der Waals surface area contributed by atoms with Crippen molar-refractivity contribution >= 4 is 12.2 Å². The van der Waals surface area contributed by atoms with Crippen LogP contribution < -0.4 is 19.6 Å². The number of nitrogens with zero attached hydrogens (tertiary/aromatic N) is 3. The number of pyridine rings is 1. The first-order chi connectivity index (χ1) is 12.7. The van der Waals surface area contributed by atoms with Gasteiger partial charge in [0.1, 0.15) is 0 Å². The van der Waals surface area contributed by atoms with Crippen LogP contribution in [0, 0.1) is 4.77 Å². The third-order valence-electron chi connectivity index (χ3n) is 3.82. The molecule has 0 bridgehead atoms. The SMILES string of the molecule is COc1ccc(CNn2c(-c3ccncc3)n[nH]c2=S)c(OC)c1OC. The molecule has 0 spiro atoms. The lowest BCUT2D eigenvalue weighted by molar-refractivity contribution is 0.322. The molecule has 3 aromatic rings. The molecule has 0 aliphatic carbocycles. The number of aromatic amines is 1. The molecule has 1 aromatic carbocycles. The van der Waals surface area contributed by atoms with Gasteiger partial charge in [0, 0.05) is 23.5 Å². The summed E-state index contributed by atoms with van der Waals surface area (Å²) in [5.41, 5.74) is 5.03. The van der Waals surface area contributed by atoms with Gasteiger partial charge in [-0.05, 0) is 36.5 Å². The number of ether oxygens (including phenoxy) is 3. The summed E-state index contributed by atoms with van der Waals surface area (Å²) in [7, 11) is 4.75. The third kappa shape index (κ3) is 3.33. The lowest BCUT2D eigenvalue weighted by Crippen LogP contribution is -2.16. The smallest absolute Gasteiger partial charge is 0.214 e. The first kappa shape index (κ1) is 17.7. The van der Waals surface area contributed by atoms with Crippen molar-refractivity contribution in [2.45, 2.75) is 6.54 Å². The summed E-state index contributed by atoms with van der Waals surface area (Å²) >= 11 is 5.33. The van der Waals surface area contributed by atoms with E-state index in [0.29, 0.717) is 34.4 Å². The summed E-state index contributed by atoms with van der Waals surface area (Å²) < 4.78 is 18.4. The molecule has 3 rings (SSSR count).